The van der Waals surface area contributed by atoms with Crippen molar-refractivity contribution in [3.63, 3.8) is 0 Å². The first-order valence-electron chi connectivity index (χ1n) is 6.85. The third kappa shape index (κ3) is 3.22. The van der Waals surface area contributed by atoms with Gasteiger partial charge in [0, 0.05) is 31.3 Å². The van der Waals surface area contributed by atoms with E-state index in [1.165, 1.54) is 13.2 Å². The lowest BCUT2D eigenvalue weighted by Crippen LogP contribution is -2.55. The summed E-state index contributed by atoms with van der Waals surface area (Å²) in [6.07, 6.45) is 1.63. The smallest absolute Gasteiger partial charge is 0.165 e. The maximum absolute atomic E-state index is 13.5. The fourth-order valence-electron chi connectivity index (χ4n) is 2.85. The highest BCUT2D eigenvalue weighted by molar-refractivity contribution is 5.51. The molecule has 1 heterocycles. The number of halogens is 1. The molecule has 1 saturated heterocycles. The largest absolute Gasteiger partial charge is 0.494 e. The van der Waals surface area contributed by atoms with Crippen LogP contribution < -0.4 is 15.8 Å². The Hall–Kier alpha value is -1.33. The van der Waals surface area contributed by atoms with Crippen molar-refractivity contribution in [1.29, 1.82) is 0 Å². The molecule has 112 valence electrons. The van der Waals surface area contributed by atoms with E-state index >= 15 is 0 Å². The monoisotopic (exact) mass is 282 g/mol. The lowest BCUT2D eigenvalue weighted by molar-refractivity contribution is -0.0736. The van der Waals surface area contributed by atoms with E-state index < -0.39 is 0 Å². The standard InChI is InChI=1S/C15H23FN2O2/c1-14(2)9-15(10-17,6-7-20-14)18-11-4-5-12(16)13(8-11)19-3/h4-5,8,18H,6-7,9-10,17H2,1-3H3. The summed E-state index contributed by atoms with van der Waals surface area (Å²) < 4.78 is 24.2. The molecular formula is C15H23FN2O2. The zero-order valence-electron chi connectivity index (χ0n) is 12.3. The third-order valence-corrected chi connectivity index (χ3v) is 3.79. The number of methoxy groups -OCH3 is 1. The number of nitrogens with two attached hydrogens (primary N) is 1. The summed E-state index contributed by atoms with van der Waals surface area (Å²) in [5.41, 5.74) is 6.35. The van der Waals surface area contributed by atoms with E-state index in [0.29, 0.717) is 13.2 Å². The Morgan fingerprint density at radius 2 is 2.20 bits per heavy atom. The molecule has 0 saturated carbocycles. The van der Waals surface area contributed by atoms with Gasteiger partial charge in [0.2, 0.25) is 0 Å². The quantitative estimate of drug-likeness (QED) is 0.891. The van der Waals surface area contributed by atoms with Crippen LogP contribution in [-0.2, 0) is 4.74 Å². The Bertz CT molecular complexity index is 479. The van der Waals surface area contributed by atoms with Crippen molar-refractivity contribution in [2.75, 3.05) is 25.6 Å². The number of ether oxygens (including phenoxy) is 2. The molecule has 5 heteroatoms. The number of hydrogen-bond donors (Lipinski definition) is 2. The van der Waals surface area contributed by atoms with E-state index in [2.05, 4.69) is 19.2 Å². The van der Waals surface area contributed by atoms with E-state index in [1.54, 1.807) is 12.1 Å². The fraction of sp³-hybridized carbons (Fsp3) is 0.600. The van der Waals surface area contributed by atoms with Crippen molar-refractivity contribution in [3.05, 3.63) is 24.0 Å². The Balaban J connectivity index is 2.21. The van der Waals surface area contributed by atoms with Gasteiger partial charge in [0.25, 0.3) is 0 Å². The third-order valence-electron chi connectivity index (χ3n) is 3.79. The van der Waals surface area contributed by atoms with Crippen LogP contribution in [0.4, 0.5) is 10.1 Å². The molecule has 3 N–H and O–H groups in total. The Labute approximate surface area is 119 Å². The molecule has 0 aliphatic carbocycles. The molecule has 0 spiro atoms. The van der Waals surface area contributed by atoms with Gasteiger partial charge in [-0.2, -0.15) is 0 Å². The SMILES string of the molecule is COc1cc(NC2(CN)CCOC(C)(C)C2)ccc1F. The van der Waals surface area contributed by atoms with Crippen molar-refractivity contribution >= 4 is 5.69 Å². The second-order valence-corrected chi connectivity index (χ2v) is 5.99. The van der Waals surface area contributed by atoms with Crippen molar-refractivity contribution in [2.45, 2.75) is 37.8 Å². The molecule has 0 radical (unpaired) electrons. The molecular weight excluding hydrogens is 259 g/mol. The van der Waals surface area contributed by atoms with E-state index in [9.17, 15) is 4.39 Å². The van der Waals surface area contributed by atoms with Crippen LogP contribution in [0.1, 0.15) is 26.7 Å². The van der Waals surface area contributed by atoms with Crippen LogP contribution in [0.25, 0.3) is 0 Å². The van der Waals surface area contributed by atoms with E-state index in [1.807, 2.05) is 0 Å². The minimum absolute atomic E-state index is 0.214. The van der Waals surface area contributed by atoms with Crippen LogP contribution in [0.15, 0.2) is 18.2 Å². The summed E-state index contributed by atoms with van der Waals surface area (Å²) in [6.45, 7) is 5.28. The minimum Gasteiger partial charge on any atom is -0.494 e. The molecule has 1 unspecified atom stereocenters. The lowest BCUT2D eigenvalue weighted by Gasteiger charge is -2.45. The lowest BCUT2D eigenvalue weighted by atomic mass is 9.81. The van der Waals surface area contributed by atoms with Crippen LogP contribution in [0.3, 0.4) is 0 Å². The topological polar surface area (TPSA) is 56.5 Å². The summed E-state index contributed by atoms with van der Waals surface area (Å²) in [5.74, 6) is -0.138. The van der Waals surface area contributed by atoms with Crippen LogP contribution >= 0.6 is 0 Å². The molecule has 4 nitrogen and oxygen atoms in total. The number of benzene rings is 1. The van der Waals surface area contributed by atoms with Crippen LogP contribution in [0.5, 0.6) is 5.75 Å². The van der Waals surface area contributed by atoms with E-state index in [0.717, 1.165) is 18.5 Å². The number of rotatable bonds is 4. The van der Waals surface area contributed by atoms with Gasteiger partial charge < -0.3 is 20.5 Å². The first kappa shape index (κ1) is 15.1. The molecule has 1 atom stereocenters. The van der Waals surface area contributed by atoms with Gasteiger partial charge in [-0.25, -0.2) is 4.39 Å². The highest BCUT2D eigenvalue weighted by atomic mass is 19.1. The Kier molecular flexibility index (Phi) is 4.20. The average Bonchev–Trinajstić information content (AvgIpc) is 2.40. The number of hydrogen-bond acceptors (Lipinski definition) is 4. The normalized spacial score (nSPS) is 25.2. The molecule has 1 fully saturated rings. The average molecular weight is 282 g/mol. The molecule has 0 bridgehead atoms. The second-order valence-electron chi connectivity index (χ2n) is 5.99. The first-order chi connectivity index (χ1) is 9.40. The number of anilines is 1. The van der Waals surface area contributed by atoms with Gasteiger partial charge in [-0.1, -0.05) is 0 Å². The summed E-state index contributed by atoms with van der Waals surface area (Å²) in [4.78, 5) is 0. The van der Waals surface area contributed by atoms with E-state index in [-0.39, 0.29) is 22.7 Å². The Morgan fingerprint density at radius 1 is 1.45 bits per heavy atom. The molecule has 1 aliphatic rings. The number of nitrogens with one attached hydrogen (secondary N) is 1. The van der Waals surface area contributed by atoms with Crippen molar-refractivity contribution in [1.82, 2.24) is 0 Å². The van der Waals surface area contributed by atoms with E-state index in [4.69, 9.17) is 15.2 Å². The minimum atomic E-state index is -0.368. The second kappa shape index (κ2) is 5.58. The maximum Gasteiger partial charge on any atom is 0.165 e. The van der Waals surface area contributed by atoms with Gasteiger partial charge in [-0.05, 0) is 32.4 Å². The van der Waals surface area contributed by atoms with Crippen LogP contribution in [-0.4, -0.2) is 31.4 Å². The van der Waals surface area contributed by atoms with Gasteiger partial charge in [0.15, 0.2) is 11.6 Å². The molecule has 0 aromatic heterocycles. The molecule has 1 aromatic rings. The van der Waals surface area contributed by atoms with Crippen molar-refractivity contribution in [2.24, 2.45) is 5.73 Å². The van der Waals surface area contributed by atoms with Gasteiger partial charge in [0.05, 0.1) is 18.2 Å². The fourth-order valence-corrected chi connectivity index (χ4v) is 2.85. The zero-order valence-corrected chi connectivity index (χ0v) is 12.3. The molecule has 2 rings (SSSR count). The van der Waals surface area contributed by atoms with Crippen molar-refractivity contribution in [3.8, 4) is 5.75 Å². The highest BCUT2D eigenvalue weighted by Gasteiger charge is 2.40. The molecule has 1 aliphatic heterocycles. The zero-order chi connectivity index (χ0) is 14.8. The van der Waals surface area contributed by atoms with Crippen molar-refractivity contribution < 1.29 is 13.9 Å². The summed E-state index contributed by atoms with van der Waals surface area (Å²) in [5, 5.41) is 3.45. The van der Waals surface area contributed by atoms with Gasteiger partial charge >= 0.3 is 0 Å². The predicted molar refractivity (Wildman–Crippen MR) is 77.6 cm³/mol. The van der Waals surface area contributed by atoms with Gasteiger partial charge in [0.1, 0.15) is 0 Å². The summed E-state index contributed by atoms with van der Waals surface area (Å²) in [7, 11) is 1.46. The maximum atomic E-state index is 13.5. The van der Waals surface area contributed by atoms with Gasteiger partial charge in [-0.3, -0.25) is 0 Å². The van der Waals surface area contributed by atoms with Crippen LogP contribution in [0.2, 0.25) is 0 Å². The molecule has 0 amide bonds. The summed E-state index contributed by atoms with van der Waals surface area (Å²) >= 11 is 0. The van der Waals surface area contributed by atoms with Crippen LogP contribution in [0, 0.1) is 5.82 Å². The van der Waals surface area contributed by atoms with Gasteiger partial charge in [-0.15, -0.1) is 0 Å². The predicted octanol–water partition coefficient (Wildman–Crippen LogP) is 2.53. The molecule has 1 aromatic carbocycles. The molecule has 20 heavy (non-hydrogen) atoms. The first-order valence-corrected chi connectivity index (χ1v) is 6.85. The highest BCUT2D eigenvalue weighted by Crippen LogP contribution is 2.35. The summed E-state index contributed by atoms with van der Waals surface area (Å²) in [6, 6.07) is 4.77. The Morgan fingerprint density at radius 3 is 2.80 bits per heavy atom.